The number of aliphatic carboxylic acids is 1. The summed E-state index contributed by atoms with van der Waals surface area (Å²) in [6.45, 7) is 12.6. The predicted octanol–water partition coefficient (Wildman–Crippen LogP) is 10.5. The standard InChI is InChI=1S/C28H36F5N5O5Si.C21H20F5N5O4/c1-18-12-22(42-15-26(2,3)24(39)40-4)35-14-20(18)21-9-8-19(13-34-21)23-36-25(43-16-27(29,30)28(31,32)33)38(37-23)17-41-10-11-44(5,6)7;1-11-6-15(34-9-19(2,3)17(32)33)28-8-13(11)14-5-4-12(7-27-14)16-29-18(31-30-16)35-10-20(22,23)21(24,25)26/h8-9,12-14H,10-11,15-17H2,1-7H3;4-8H,9-10H2,1-3H3,(H,32,33)(H,29,30,31). The lowest BCUT2D eigenvalue weighted by Gasteiger charge is -2.21. The number of carbonyl (C=O) groups is 2. The van der Waals surface area contributed by atoms with E-state index in [-0.39, 0.29) is 37.5 Å². The number of carboxylic acid groups (broad SMARTS) is 1. The number of H-pyrrole nitrogens is 1. The minimum absolute atomic E-state index is 0.00464. The van der Waals surface area contributed by atoms with E-state index in [0.717, 1.165) is 21.9 Å². The highest BCUT2D eigenvalue weighted by Crippen LogP contribution is 2.37. The van der Waals surface area contributed by atoms with Crippen molar-refractivity contribution in [2.45, 2.75) is 98.2 Å². The molecular weight excluding hydrogens is 1090 g/mol. The van der Waals surface area contributed by atoms with E-state index in [9.17, 15) is 53.5 Å². The number of aromatic nitrogens is 10. The Morgan fingerprint density at radius 3 is 1.62 bits per heavy atom. The third-order valence-electron chi connectivity index (χ3n) is 11.2. The number of carbonyl (C=O) groups excluding carboxylic acids is 1. The average molecular weight is 1150 g/mol. The van der Waals surface area contributed by atoms with Gasteiger partial charge in [0.05, 0.1) is 29.3 Å². The fourth-order valence-corrected chi connectivity index (χ4v) is 6.88. The predicted molar refractivity (Wildman–Crippen MR) is 264 cm³/mol. The molecule has 6 heterocycles. The van der Waals surface area contributed by atoms with Crippen LogP contribution in [0, 0.1) is 24.7 Å². The molecule has 6 aromatic heterocycles. The summed E-state index contributed by atoms with van der Waals surface area (Å²) in [6.07, 6.45) is -5.64. The molecule has 6 rings (SSSR count). The summed E-state index contributed by atoms with van der Waals surface area (Å²) in [5.74, 6) is -10.9. The van der Waals surface area contributed by atoms with Crippen LogP contribution in [0.2, 0.25) is 25.7 Å². The van der Waals surface area contributed by atoms with Crippen molar-refractivity contribution in [1.29, 1.82) is 0 Å². The van der Waals surface area contributed by atoms with Gasteiger partial charge in [-0.2, -0.15) is 58.6 Å². The summed E-state index contributed by atoms with van der Waals surface area (Å²) in [4.78, 5) is 48.1. The molecule has 0 radical (unpaired) electrons. The van der Waals surface area contributed by atoms with E-state index in [1.807, 2.05) is 6.92 Å². The first-order valence-corrected chi connectivity index (χ1v) is 27.3. The molecule has 0 fully saturated rings. The number of halogens is 10. The van der Waals surface area contributed by atoms with Crippen molar-refractivity contribution in [3.8, 4) is 69.1 Å². The van der Waals surface area contributed by atoms with E-state index in [1.165, 1.54) is 39.5 Å². The summed E-state index contributed by atoms with van der Waals surface area (Å²) in [7, 11) is -0.134. The first kappa shape index (κ1) is 62.3. The zero-order valence-corrected chi connectivity index (χ0v) is 45.2. The van der Waals surface area contributed by atoms with E-state index in [2.05, 4.69) is 69.6 Å². The second-order valence-electron chi connectivity index (χ2n) is 20.2. The van der Waals surface area contributed by atoms with E-state index in [1.54, 1.807) is 63.4 Å². The highest BCUT2D eigenvalue weighted by atomic mass is 28.3. The number of carboxylic acids is 1. The van der Waals surface area contributed by atoms with Gasteiger partial charge in [0, 0.05) is 73.9 Å². The van der Waals surface area contributed by atoms with Crippen LogP contribution in [0.5, 0.6) is 23.8 Å². The van der Waals surface area contributed by atoms with Crippen LogP contribution in [-0.4, -0.2) is 139 Å². The van der Waals surface area contributed by atoms with Crippen LogP contribution in [0.1, 0.15) is 38.8 Å². The molecule has 19 nitrogen and oxygen atoms in total. The molecule has 0 unspecified atom stereocenters. The Labute approximate surface area is 446 Å². The lowest BCUT2D eigenvalue weighted by molar-refractivity contribution is -0.290. The topological polar surface area (TPSA) is 234 Å². The molecule has 2 N–H and O–H groups in total. The molecule has 0 aromatic carbocycles. The number of nitrogens with one attached hydrogen (secondary N) is 1. The molecule has 0 saturated carbocycles. The highest BCUT2D eigenvalue weighted by Gasteiger charge is 2.59. The Kier molecular flexibility index (Phi) is 19.5. The van der Waals surface area contributed by atoms with Gasteiger partial charge in [0.25, 0.3) is 0 Å². The van der Waals surface area contributed by atoms with Crippen LogP contribution in [0.4, 0.5) is 43.9 Å². The minimum Gasteiger partial charge on any atom is -0.481 e. The largest absolute Gasteiger partial charge is 0.481 e. The molecule has 30 heteroatoms. The van der Waals surface area contributed by atoms with Crippen LogP contribution in [-0.2, 0) is 25.8 Å². The number of pyridine rings is 4. The molecule has 430 valence electrons. The lowest BCUT2D eigenvalue weighted by Crippen LogP contribution is -2.42. The second kappa shape index (κ2) is 24.7. The summed E-state index contributed by atoms with van der Waals surface area (Å²) in [6, 6.07) is 9.39. The van der Waals surface area contributed by atoms with Crippen molar-refractivity contribution in [3.05, 3.63) is 72.3 Å². The number of hydrogen-bond donors (Lipinski definition) is 2. The number of hydrogen-bond acceptors (Lipinski definition) is 16. The number of methoxy groups -OCH3 is 1. The Bertz CT molecular complexity index is 3020. The Morgan fingerprint density at radius 2 is 1.16 bits per heavy atom. The van der Waals surface area contributed by atoms with Crippen LogP contribution >= 0.6 is 0 Å². The number of rotatable bonds is 23. The maximum Gasteiger partial charge on any atom is 0.456 e. The summed E-state index contributed by atoms with van der Waals surface area (Å²) < 4.78 is 160. The Balaban J connectivity index is 0.000000298. The Hall–Kier alpha value is -7.50. The number of ether oxygens (including phenoxy) is 6. The SMILES string of the molecule is COC(=O)C(C)(C)COc1cc(C)c(-c2ccc(-c3nc(OCC(F)(F)C(F)(F)F)n(COCC[Si](C)(C)C)n3)cn2)cn1.Cc1cc(OCC(C)(C)C(=O)O)ncc1-c1ccc(-c2nc(OCC(F)(F)C(F)(F)F)n[nH]2)cn1. The fourth-order valence-electron chi connectivity index (χ4n) is 6.12. The molecule has 0 atom stereocenters. The van der Waals surface area contributed by atoms with E-state index < -0.39 is 80.3 Å². The monoisotopic (exact) mass is 1150 g/mol. The third kappa shape index (κ3) is 17.0. The van der Waals surface area contributed by atoms with Crippen LogP contribution in [0.25, 0.3) is 45.3 Å². The molecule has 0 aliphatic carbocycles. The fraction of sp³-hybridized carbons (Fsp3) is 0.469. The molecule has 0 aliphatic heterocycles. The van der Waals surface area contributed by atoms with Crippen molar-refractivity contribution >= 4 is 20.0 Å². The van der Waals surface area contributed by atoms with Gasteiger partial charge < -0.3 is 33.5 Å². The maximum atomic E-state index is 13.5. The van der Waals surface area contributed by atoms with Gasteiger partial charge in [0.2, 0.25) is 11.8 Å². The molecule has 0 amide bonds. The lowest BCUT2D eigenvalue weighted by atomic mass is 9.95. The number of esters is 1. The van der Waals surface area contributed by atoms with Gasteiger partial charge in [-0.1, -0.05) is 19.6 Å². The van der Waals surface area contributed by atoms with E-state index >= 15 is 0 Å². The molecular formula is C49H56F10N10O9Si. The van der Waals surface area contributed by atoms with Crippen molar-refractivity contribution in [1.82, 2.24) is 49.9 Å². The number of aryl methyl sites for hydroxylation is 2. The number of nitrogens with zero attached hydrogens (tertiary/aromatic N) is 9. The third-order valence-corrected chi connectivity index (χ3v) is 12.9. The summed E-state index contributed by atoms with van der Waals surface area (Å²) >= 11 is 0. The summed E-state index contributed by atoms with van der Waals surface area (Å²) in [5.41, 5.74) is 2.73. The molecule has 0 aliphatic rings. The molecule has 0 bridgehead atoms. The van der Waals surface area contributed by atoms with Crippen molar-refractivity contribution < 1.29 is 87.0 Å². The van der Waals surface area contributed by atoms with Gasteiger partial charge in [0.15, 0.2) is 24.9 Å². The maximum absolute atomic E-state index is 13.5. The van der Waals surface area contributed by atoms with Crippen molar-refractivity contribution in [2.24, 2.45) is 10.8 Å². The first-order valence-electron chi connectivity index (χ1n) is 23.6. The second-order valence-corrected chi connectivity index (χ2v) is 25.8. The van der Waals surface area contributed by atoms with Crippen molar-refractivity contribution in [3.63, 3.8) is 0 Å². The van der Waals surface area contributed by atoms with Crippen LogP contribution < -0.4 is 18.9 Å². The Morgan fingerprint density at radius 1 is 0.658 bits per heavy atom. The van der Waals surface area contributed by atoms with Gasteiger partial charge in [-0.15, -0.1) is 10.2 Å². The zero-order valence-electron chi connectivity index (χ0n) is 44.2. The molecule has 79 heavy (non-hydrogen) atoms. The first-order chi connectivity index (χ1) is 36.5. The molecule has 6 aromatic rings. The van der Waals surface area contributed by atoms with Crippen molar-refractivity contribution in [2.75, 3.05) is 40.1 Å². The number of alkyl halides is 10. The normalized spacial score (nSPS) is 12.6. The van der Waals surface area contributed by atoms with Gasteiger partial charge in [-0.3, -0.25) is 24.7 Å². The molecule has 0 spiro atoms. The van der Waals surface area contributed by atoms with Gasteiger partial charge in [-0.05, 0) is 83.0 Å². The van der Waals surface area contributed by atoms with E-state index in [4.69, 9.17) is 28.8 Å². The van der Waals surface area contributed by atoms with E-state index in [0.29, 0.717) is 46.1 Å². The zero-order chi connectivity index (χ0) is 58.9. The van der Waals surface area contributed by atoms with Gasteiger partial charge in [-0.25, -0.2) is 9.97 Å². The number of aromatic amines is 1. The minimum atomic E-state index is -5.79. The average Bonchev–Trinajstić information content (AvgIpc) is 4.06. The van der Waals surface area contributed by atoms with Crippen LogP contribution in [0.3, 0.4) is 0 Å². The smallest absolute Gasteiger partial charge is 0.456 e. The quantitative estimate of drug-likeness (QED) is 0.0263. The van der Waals surface area contributed by atoms with Crippen LogP contribution in [0.15, 0.2) is 61.2 Å². The van der Waals surface area contributed by atoms with Gasteiger partial charge >= 0.3 is 48.2 Å². The van der Waals surface area contributed by atoms with Gasteiger partial charge in [0.1, 0.15) is 19.9 Å². The molecule has 0 saturated heterocycles. The highest BCUT2D eigenvalue weighted by molar-refractivity contribution is 6.76. The summed E-state index contributed by atoms with van der Waals surface area (Å²) in [5, 5.41) is 19.2.